The lowest BCUT2D eigenvalue weighted by Crippen LogP contribution is -2.10. The number of benzene rings is 1. The Bertz CT molecular complexity index is 943. The highest BCUT2D eigenvalue weighted by atomic mass is 32.1. The van der Waals surface area contributed by atoms with Crippen LogP contribution in [0.4, 0.5) is 0 Å². The molecule has 27 heavy (non-hydrogen) atoms. The van der Waals surface area contributed by atoms with Gasteiger partial charge in [0, 0.05) is 24.3 Å². The lowest BCUT2D eigenvalue weighted by atomic mass is 10.1. The number of carbonyl (C=O) groups excluding carboxylic acids is 1. The van der Waals surface area contributed by atoms with E-state index in [1.807, 2.05) is 24.3 Å². The smallest absolute Gasteiger partial charge is 0.375 e. The van der Waals surface area contributed by atoms with Crippen LogP contribution in [0, 0.1) is 0 Å². The quantitative estimate of drug-likeness (QED) is 0.590. The molecule has 1 atom stereocenters. The molecule has 1 aliphatic heterocycles. The van der Waals surface area contributed by atoms with Gasteiger partial charge in [0.2, 0.25) is 12.1 Å². The molecule has 3 heterocycles. The van der Waals surface area contributed by atoms with Crippen molar-refractivity contribution in [1.82, 2.24) is 4.98 Å². The molecular weight excluding hydrogens is 370 g/mol. The van der Waals surface area contributed by atoms with Crippen LogP contribution in [0.15, 0.2) is 34.9 Å². The van der Waals surface area contributed by atoms with Gasteiger partial charge in [0.15, 0.2) is 0 Å². The fraction of sp³-hybridized carbons (Fsp3) is 0.368. The Kier molecular flexibility index (Phi) is 5.22. The molecule has 142 valence electrons. The van der Waals surface area contributed by atoms with E-state index in [1.54, 1.807) is 20.2 Å². The first-order chi connectivity index (χ1) is 13.2. The predicted octanol–water partition coefficient (Wildman–Crippen LogP) is 4.00. The minimum absolute atomic E-state index is 0.164. The van der Waals surface area contributed by atoms with Gasteiger partial charge in [-0.05, 0) is 13.0 Å². The Hall–Kier alpha value is -2.26. The molecule has 4 rings (SSSR count). The molecule has 2 aromatic heterocycles. The monoisotopic (exact) mass is 389 g/mol. The first-order valence-corrected chi connectivity index (χ1v) is 9.38. The first kappa shape index (κ1) is 18.1. The molecule has 0 spiro atoms. The van der Waals surface area contributed by atoms with Gasteiger partial charge in [-0.1, -0.05) is 18.2 Å². The summed E-state index contributed by atoms with van der Waals surface area (Å²) >= 11 is 1.40. The molecule has 1 aromatic carbocycles. The number of rotatable bonds is 6. The zero-order valence-corrected chi connectivity index (χ0v) is 15.8. The average Bonchev–Trinajstić information content (AvgIpc) is 3.41. The number of ether oxygens (including phenoxy) is 4. The summed E-state index contributed by atoms with van der Waals surface area (Å²) in [5.41, 5.74) is 1.31. The summed E-state index contributed by atoms with van der Waals surface area (Å²) in [4.78, 5) is 17.8. The Morgan fingerprint density at radius 2 is 2.11 bits per heavy atom. The van der Waals surface area contributed by atoms with Gasteiger partial charge in [-0.25, -0.2) is 9.78 Å². The molecule has 0 bridgehead atoms. The number of thiazole rings is 1. The maximum Gasteiger partial charge on any atom is 0.375 e. The van der Waals surface area contributed by atoms with Gasteiger partial charge in [0.1, 0.15) is 16.7 Å². The second kappa shape index (κ2) is 7.77. The lowest BCUT2D eigenvalue weighted by Gasteiger charge is -2.11. The minimum atomic E-state index is -0.533. The second-order valence-corrected chi connectivity index (χ2v) is 7.15. The van der Waals surface area contributed by atoms with Crippen molar-refractivity contribution in [2.24, 2.45) is 0 Å². The van der Waals surface area contributed by atoms with Crippen LogP contribution in [-0.2, 0) is 25.6 Å². The van der Waals surface area contributed by atoms with Crippen LogP contribution in [0.25, 0.3) is 11.0 Å². The third-order valence-corrected chi connectivity index (χ3v) is 5.40. The number of fused-ring (bicyclic) bond motifs is 1. The van der Waals surface area contributed by atoms with Crippen molar-refractivity contribution >= 4 is 28.3 Å². The van der Waals surface area contributed by atoms with E-state index in [9.17, 15) is 4.79 Å². The number of aromatic nitrogens is 1. The summed E-state index contributed by atoms with van der Waals surface area (Å²) in [5.74, 6) is -0.369. The molecule has 0 aliphatic carbocycles. The Balaban J connectivity index is 1.53. The number of esters is 1. The highest BCUT2D eigenvalue weighted by molar-refractivity contribution is 7.11. The first-order valence-electron chi connectivity index (χ1n) is 8.56. The fourth-order valence-electron chi connectivity index (χ4n) is 2.92. The Morgan fingerprint density at radius 1 is 1.33 bits per heavy atom. The van der Waals surface area contributed by atoms with Crippen LogP contribution in [0.1, 0.15) is 45.3 Å². The second-order valence-electron chi connectivity index (χ2n) is 6.06. The van der Waals surface area contributed by atoms with E-state index in [2.05, 4.69) is 4.98 Å². The van der Waals surface area contributed by atoms with Gasteiger partial charge in [0.25, 0.3) is 0 Å². The molecule has 8 heteroatoms. The zero-order chi connectivity index (χ0) is 18.8. The summed E-state index contributed by atoms with van der Waals surface area (Å²) in [6.45, 7) is 3.16. The standard InChI is InChI=1S/C19H19NO6S/c1-11(15-9-20-17(27-15)19-23-7-8-24-19)25-18(21)16-13(10-22-2)12-5-3-4-6-14(12)26-16/h3-6,9,11,19H,7-8,10H2,1-2H3/t11-/m1/s1. The van der Waals surface area contributed by atoms with Crippen LogP contribution < -0.4 is 0 Å². The summed E-state index contributed by atoms with van der Waals surface area (Å²) in [5, 5.41) is 1.56. The molecule has 1 aliphatic rings. The number of hydrogen-bond donors (Lipinski definition) is 0. The molecule has 0 unspecified atom stereocenters. The van der Waals surface area contributed by atoms with Gasteiger partial charge in [-0.15, -0.1) is 11.3 Å². The highest BCUT2D eigenvalue weighted by Crippen LogP contribution is 2.33. The van der Waals surface area contributed by atoms with E-state index in [-0.39, 0.29) is 12.4 Å². The number of hydrogen-bond acceptors (Lipinski definition) is 8. The molecule has 0 amide bonds. The van der Waals surface area contributed by atoms with Crippen molar-refractivity contribution in [3.05, 3.63) is 51.7 Å². The highest BCUT2D eigenvalue weighted by Gasteiger charge is 2.26. The summed E-state index contributed by atoms with van der Waals surface area (Å²) in [6.07, 6.45) is 0.765. The molecule has 3 aromatic rings. The van der Waals surface area contributed by atoms with Crippen molar-refractivity contribution in [3.63, 3.8) is 0 Å². The molecule has 0 N–H and O–H groups in total. The number of methoxy groups -OCH3 is 1. The maximum absolute atomic E-state index is 12.7. The molecular formula is C19H19NO6S. The van der Waals surface area contributed by atoms with E-state index >= 15 is 0 Å². The topological polar surface area (TPSA) is 80.0 Å². The number of furan rings is 1. The lowest BCUT2D eigenvalue weighted by molar-refractivity contribution is -0.0442. The van der Waals surface area contributed by atoms with E-state index in [0.717, 1.165) is 10.3 Å². The van der Waals surface area contributed by atoms with Crippen molar-refractivity contribution in [1.29, 1.82) is 0 Å². The summed E-state index contributed by atoms with van der Waals surface area (Å²) in [7, 11) is 1.57. The van der Waals surface area contributed by atoms with E-state index in [4.69, 9.17) is 23.4 Å². The molecule has 1 fully saturated rings. The van der Waals surface area contributed by atoms with Crippen LogP contribution in [0.2, 0.25) is 0 Å². The molecule has 1 saturated heterocycles. The van der Waals surface area contributed by atoms with E-state index in [1.165, 1.54) is 11.3 Å². The largest absolute Gasteiger partial charge is 0.451 e. The fourth-order valence-corrected chi connectivity index (χ4v) is 3.82. The van der Waals surface area contributed by atoms with Crippen LogP contribution >= 0.6 is 11.3 Å². The predicted molar refractivity (Wildman–Crippen MR) is 97.5 cm³/mol. The van der Waals surface area contributed by atoms with Crippen molar-refractivity contribution < 1.29 is 28.2 Å². The number of nitrogens with zero attached hydrogens (tertiary/aromatic N) is 1. The van der Waals surface area contributed by atoms with Gasteiger partial charge in [-0.3, -0.25) is 0 Å². The molecule has 7 nitrogen and oxygen atoms in total. The Labute approximate surface area is 159 Å². The Morgan fingerprint density at radius 3 is 2.89 bits per heavy atom. The van der Waals surface area contributed by atoms with Crippen molar-refractivity contribution in [2.75, 3.05) is 20.3 Å². The summed E-state index contributed by atoms with van der Waals surface area (Å²) in [6, 6.07) is 7.45. The van der Waals surface area contributed by atoms with E-state index in [0.29, 0.717) is 29.4 Å². The van der Waals surface area contributed by atoms with E-state index < -0.39 is 18.4 Å². The normalized spacial score (nSPS) is 16.1. The van der Waals surface area contributed by atoms with Gasteiger partial charge >= 0.3 is 5.97 Å². The SMILES string of the molecule is COCc1c(C(=O)O[C@H](C)c2cnc(C3OCCO3)s2)oc2ccccc12. The average molecular weight is 389 g/mol. The number of carbonyl (C=O) groups is 1. The van der Waals surface area contributed by atoms with Crippen LogP contribution in [-0.4, -0.2) is 31.3 Å². The molecule has 0 radical (unpaired) electrons. The molecule has 0 saturated carbocycles. The summed E-state index contributed by atoms with van der Waals surface area (Å²) < 4.78 is 27.5. The van der Waals surface area contributed by atoms with Gasteiger partial charge in [0.05, 0.1) is 24.7 Å². The minimum Gasteiger partial charge on any atom is -0.451 e. The van der Waals surface area contributed by atoms with Crippen LogP contribution in [0.3, 0.4) is 0 Å². The third kappa shape index (κ3) is 3.61. The zero-order valence-electron chi connectivity index (χ0n) is 15.0. The van der Waals surface area contributed by atoms with Gasteiger partial charge < -0.3 is 23.4 Å². The number of para-hydroxylation sites is 1. The van der Waals surface area contributed by atoms with Crippen molar-refractivity contribution in [2.45, 2.75) is 25.9 Å². The van der Waals surface area contributed by atoms with Gasteiger partial charge in [-0.2, -0.15) is 0 Å². The third-order valence-electron chi connectivity index (χ3n) is 4.22. The maximum atomic E-state index is 12.7. The van der Waals surface area contributed by atoms with Crippen molar-refractivity contribution in [3.8, 4) is 0 Å². The van der Waals surface area contributed by atoms with Crippen LogP contribution in [0.5, 0.6) is 0 Å².